The summed E-state index contributed by atoms with van der Waals surface area (Å²) in [5.41, 5.74) is 2.69. The van der Waals surface area contributed by atoms with E-state index in [1.807, 2.05) is 31.2 Å². The maximum atomic E-state index is 13.1. The summed E-state index contributed by atoms with van der Waals surface area (Å²) in [6, 6.07) is 11.1. The Hall–Kier alpha value is -2.53. The number of carbonyl (C=O) groups excluding carboxylic acids is 1. The van der Waals surface area contributed by atoms with Crippen molar-refractivity contribution in [2.24, 2.45) is 0 Å². The summed E-state index contributed by atoms with van der Waals surface area (Å²) in [7, 11) is 0. The van der Waals surface area contributed by atoms with Crippen LogP contribution in [0.5, 0.6) is 5.75 Å². The van der Waals surface area contributed by atoms with Crippen molar-refractivity contribution >= 4 is 28.8 Å². The summed E-state index contributed by atoms with van der Waals surface area (Å²) in [5.74, 6) is 0.615. The summed E-state index contributed by atoms with van der Waals surface area (Å²) < 4.78 is 7.37. The summed E-state index contributed by atoms with van der Waals surface area (Å²) in [5, 5.41) is 0.561. The van der Waals surface area contributed by atoms with Gasteiger partial charge in [0.25, 0.3) is 5.91 Å². The second kappa shape index (κ2) is 5.28. The third-order valence-corrected chi connectivity index (χ3v) is 4.16. The predicted molar refractivity (Wildman–Crippen MR) is 88.6 cm³/mol. The molecule has 2 aromatic heterocycles. The van der Waals surface area contributed by atoms with E-state index in [0.717, 1.165) is 11.4 Å². The molecule has 23 heavy (non-hydrogen) atoms. The van der Waals surface area contributed by atoms with Crippen molar-refractivity contribution < 1.29 is 9.53 Å². The van der Waals surface area contributed by atoms with Crippen molar-refractivity contribution in [1.82, 2.24) is 9.38 Å². The van der Waals surface area contributed by atoms with Crippen LogP contribution in [0, 0.1) is 6.92 Å². The molecule has 0 unspecified atom stereocenters. The Labute approximate surface area is 138 Å². The van der Waals surface area contributed by atoms with Gasteiger partial charge in [0.2, 0.25) is 0 Å². The molecule has 3 aromatic rings. The molecule has 0 radical (unpaired) electrons. The lowest BCUT2D eigenvalue weighted by atomic mass is 10.2. The first kappa shape index (κ1) is 14.1. The van der Waals surface area contributed by atoms with Crippen molar-refractivity contribution in [1.29, 1.82) is 0 Å². The zero-order chi connectivity index (χ0) is 16.0. The smallest absolute Gasteiger partial charge is 0.277 e. The van der Waals surface area contributed by atoms with Gasteiger partial charge in [0.15, 0.2) is 0 Å². The average molecular weight is 328 g/mol. The van der Waals surface area contributed by atoms with Gasteiger partial charge in [-0.1, -0.05) is 23.7 Å². The molecule has 3 heterocycles. The Kier molecular flexibility index (Phi) is 3.23. The van der Waals surface area contributed by atoms with Gasteiger partial charge in [-0.15, -0.1) is 0 Å². The van der Waals surface area contributed by atoms with Crippen LogP contribution in [-0.4, -0.2) is 28.4 Å². The van der Waals surface area contributed by atoms with Crippen molar-refractivity contribution in [2.75, 3.05) is 18.1 Å². The molecule has 1 aliphatic rings. The highest BCUT2D eigenvalue weighted by molar-refractivity contribution is 6.30. The molecule has 0 atom stereocenters. The number of carbonyl (C=O) groups is 1. The first-order valence-corrected chi connectivity index (χ1v) is 7.71. The van der Waals surface area contributed by atoms with E-state index in [4.69, 9.17) is 16.3 Å². The number of pyridine rings is 1. The summed E-state index contributed by atoms with van der Waals surface area (Å²) in [4.78, 5) is 19.3. The minimum atomic E-state index is -0.104. The van der Waals surface area contributed by atoms with E-state index in [1.54, 1.807) is 27.6 Å². The number of aromatic nitrogens is 2. The molecular formula is C17H14ClN3O2. The first-order valence-electron chi connectivity index (χ1n) is 7.33. The van der Waals surface area contributed by atoms with E-state index in [-0.39, 0.29) is 5.91 Å². The lowest BCUT2D eigenvalue weighted by Crippen LogP contribution is -2.38. The van der Waals surface area contributed by atoms with E-state index in [1.165, 1.54) is 0 Å². The van der Waals surface area contributed by atoms with Crippen LogP contribution in [0.1, 0.15) is 16.2 Å². The molecule has 0 bridgehead atoms. The molecule has 1 aromatic carbocycles. The molecule has 1 amide bonds. The zero-order valence-corrected chi connectivity index (χ0v) is 13.2. The summed E-state index contributed by atoms with van der Waals surface area (Å²) in [6.07, 6.45) is 1.72. The highest BCUT2D eigenvalue weighted by Crippen LogP contribution is 2.32. The van der Waals surface area contributed by atoms with E-state index >= 15 is 0 Å². The number of imidazole rings is 1. The van der Waals surface area contributed by atoms with Gasteiger partial charge in [-0.3, -0.25) is 9.20 Å². The fourth-order valence-corrected chi connectivity index (χ4v) is 3.06. The summed E-state index contributed by atoms with van der Waals surface area (Å²) >= 11 is 6.08. The number of benzene rings is 1. The van der Waals surface area contributed by atoms with E-state index in [9.17, 15) is 4.79 Å². The predicted octanol–water partition coefficient (Wildman–Crippen LogP) is 3.34. The van der Waals surface area contributed by atoms with Crippen LogP contribution in [0.25, 0.3) is 5.65 Å². The highest BCUT2D eigenvalue weighted by atomic mass is 35.5. The van der Waals surface area contributed by atoms with Crippen LogP contribution >= 0.6 is 11.6 Å². The van der Waals surface area contributed by atoms with Gasteiger partial charge in [-0.2, -0.15) is 0 Å². The maximum Gasteiger partial charge on any atom is 0.277 e. The SMILES string of the molecule is Cc1nc2ccc(Cl)cn2c1C(=O)N1CCOc2ccccc21. The quantitative estimate of drug-likeness (QED) is 0.688. The molecule has 0 saturated heterocycles. The number of hydrogen-bond donors (Lipinski definition) is 0. The van der Waals surface area contributed by atoms with E-state index in [0.29, 0.717) is 35.2 Å². The van der Waals surface area contributed by atoms with Crippen LogP contribution in [0.15, 0.2) is 42.6 Å². The van der Waals surface area contributed by atoms with Crippen molar-refractivity contribution in [2.45, 2.75) is 6.92 Å². The molecule has 5 nitrogen and oxygen atoms in total. The van der Waals surface area contributed by atoms with Crippen LogP contribution in [0.2, 0.25) is 5.02 Å². The minimum absolute atomic E-state index is 0.104. The van der Waals surface area contributed by atoms with Crippen LogP contribution < -0.4 is 9.64 Å². The molecular weight excluding hydrogens is 314 g/mol. The number of aryl methyl sites for hydroxylation is 1. The number of fused-ring (bicyclic) bond motifs is 2. The Morgan fingerprint density at radius 1 is 1.26 bits per heavy atom. The lowest BCUT2D eigenvalue weighted by Gasteiger charge is -2.29. The molecule has 4 rings (SSSR count). The number of ether oxygens (including phenoxy) is 1. The van der Waals surface area contributed by atoms with Gasteiger partial charge in [-0.25, -0.2) is 4.98 Å². The maximum absolute atomic E-state index is 13.1. The van der Waals surface area contributed by atoms with Gasteiger partial charge in [-0.05, 0) is 31.2 Å². The van der Waals surface area contributed by atoms with E-state index < -0.39 is 0 Å². The Morgan fingerprint density at radius 3 is 2.96 bits per heavy atom. The topological polar surface area (TPSA) is 46.8 Å². The first-order chi connectivity index (χ1) is 11.1. The largest absolute Gasteiger partial charge is 0.490 e. The number of amides is 1. The number of nitrogens with zero attached hydrogens (tertiary/aromatic N) is 3. The third-order valence-electron chi connectivity index (χ3n) is 3.93. The molecule has 0 spiro atoms. The molecule has 0 aliphatic carbocycles. The number of anilines is 1. The number of hydrogen-bond acceptors (Lipinski definition) is 3. The Bertz CT molecular complexity index is 919. The minimum Gasteiger partial charge on any atom is -0.490 e. The summed E-state index contributed by atoms with van der Waals surface area (Å²) in [6.45, 7) is 2.81. The molecule has 6 heteroatoms. The molecule has 0 saturated carbocycles. The lowest BCUT2D eigenvalue weighted by molar-refractivity contribution is 0.0970. The normalized spacial score (nSPS) is 13.7. The van der Waals surface area contributed by atoms with Crippen LogP contribution in [0.3, 0.4) is 0 Å². The Morgan fingerprint density at radius 2 is 2.09 bits per heavy atom. The fraction of sp³-hybridized carbons (Fsp3) is 0.176. The molecule has 116 valence electrons. The number of para-hydroxylation sites is 2. The van der Waals surface area contributed by atoms with Gasteiger partial charge < -0.3 is 9.64 Å². The van der Waals surface area contributed by atoms with Crippen molar-refractivity contribution in [3.8, 4) is 5.75 Å². The van der Waals surface area contributed by atoms with Crippen molar-refractivity contribution in [3.63, 3.8) is 0 Å². The second-order valence-corrected chi connectivity index (χ2v) is 5.83. The Balaban J connectivity index is 1.85. The monoisotopic (exact) mass is 327 g/mol. The standard InChI is InChI=1S/C17H14ClN3O2/c1-11-16(21-10-12(18)6-7-15(21)19-11)17(22)20-8-9-23-14-5-3-2-4-13(14)20/h2-7,10H,8-9H2,1H3. The number of halogens is 1. The van der Waals surface area contributed by atoms with Crippen LogP contribution in [0.4, 0.5) is 5.69 Å². The zero-order valence-electron chi connectivity index (χ0n) is 12.5. The van der Waals surface area contributed by atoms with Crippen LogP contribution in [-0.2, 0) is 0 Å². The third kappa shape index (κ3) is 2.24. The highest BCUT2D eigenvalue weighted by Gasteiger charge is 2.28. The van der Waals surface area contributed by atoms with Gasteiger partial charge >= 0.3 is 0 Å². The van der Waals surface area contributed by atoms with Gasteiger partial charge in [0.1, 0.15) is 23.7 Å². The molecule has 0 fully saturated rings. The van der Waals surface area contributed by atoms with Gasteiger partial charge in [0, 0.05) is 6.20 Å². The fourth-order valence-electron chi connectivity index (χ4n) is 2.90. The van der Waals surface area contributed by atoms with E-state index in [2.05, 4.69) is 4.98 Å². The second-order valence-electron chi connectivity index (χ2n) is 5.39. The molecule has 0 N–H and O–H groups in total. The molecule has 1 aliphatic heterocycles. The number of rotatable bonds is 1. The van der Waals surface area contributed by atoms with Gasteiger partial charge in [0.05, 0.1) is 22.9 Å². The van der Waals surface area contributed by atoms with Crippen molar-refractivity contribution in [3.05, 3.63) is 59.0 Å². The average Bonchev–Trinajstić information content (AvgIpc) is 2.89.